The van der Waals surface area contributed by atoms with E-state index in [4.69, 9.17) is 10.4 Å². The number of allylic oxidation sites excluding steroid dienone is 1. The van der Waals surface area contributed by atoms with Gasteiger partial charge in [-0.25, -0.2) is 10.3 Å². The lowest BCUT2D eigenvalue weighted by Gasteiger charge is -1.99. The maximum absolute atomic E-state index is 10.5. The first-order chi connectivity index (χ1) is 6.06. The SMILES string of the molecule is CC(C#N)=CNOC(=O)CC(=O)O. The number of hydroxylamine groups is 1. The topological polar surface area (TPSA) is 99.4 Å². The molecular weight excluding hydrogens is 176 g/mol. The molecule has 0 aromatic rings. The van der Waals surface area contributed by atoms with Crippen LogP contribution in [0.25, 0.3) is 0 Å². The Bertz CT molecular complexity index is 277. The summed E-state index contributed by atoms with van der Waals surface area (Å²) in [6.45, 7) is 1.50. The minimum absolute atomic E-state index is 0.308. The first-order valence-electron chi connectivity index (χ1n) is 3.30. The Morgan fingerprint density at radius 1 is 1.69 bits per heavy atom. The van der Waals surface area contributed by atoms with Gasteiger partial charge in [0, 0.05) is 11.8 Å². The van der Waals surface area contributed by atoms with Crippen molar-refractivity contribution in [2.75, 3.05) is 0 Å². The van der Waals surface area contributed by atoms with Crippen LogP contribution in [0.15, 0.2) is 11.8 Å². The van der Waals surface area contributed by atoms with Crippen LogP contribution in [0.4, 0.5) is 0 Å². The van der Waals surface area contributed by atoms with Gasteiger partial charge >= 0.3 is 11.9 Å². The molecule has 0 aliphatic heterocycles. The van der Waals surface area contributed by atoms with E-state index in [1.54, 1.807) is 6.07 Å². The van der Waals surface area contributed by atoms with Gasteiger partial charge in [0.2, 0.25) is 0 Å². The molecule has 0 heterocycles. The molecule has 0 aliphatic rings. The van der Waals surface area contributed by atoms with E-state index in [-0.39, 0.29) is 0 Å². The zero-order valence-electron chi connectivity index (χ0n) is 6.90. The summed E-state index contributed by atoms with van der Waals surface area (Å²) in [5.74, 6) is -2.19. The fraction of sp³-hybridized carbons (Fsp3) is 0.286. The Morgan fingerprint density at radius 2 is 2.31 bits per heavy atom. The number of hydrogen-bond donors (Lipinski definition) is 2. The molecule has 6 heteroatoms. The Morgan fingerprint density at radius 3 is 2.77 bits per heavy atom. The number of nitriles is 1. The Labute approximate surface area is 74.4 Å². The molecule has 6 nitrogen and oxygen atoms in total. The molecule has 0 aromatic heterocycles. The number of carboxylic acids is 1. The highest BCUT2D eigenvalue weighted by Gasteiger charge is 2.07. The number of carbonyl (C=O) groups is 2. The lowest BCUT2D eigenvalue weighted by Crippen LogP contribution is -2.17. The predicted octanol–water partition coefficient (Wildman–Crippen LogP) is -0.0637. The fourth-order valence-corrected chi connectivity index (χ4v) is 0.375. The van der Waals surface area contributed by atoms with E-state index in [0.717, 1.165) is 6.20 Å². The molecule has 0 aliphatic carbocycles. The van der Waals surface area contributed by atoms with Gasteiger partial charge < -0.3 is 9.94 Å². The molecule has 0 aromatic carbocycles. The molecule has 0 amide bonds. The minimum Gasteiger partial charge on any atom is -0.481 e. The summed E-state index contributed by atoms with van der Waals surface area (Å²) in [6.07, 6.45) is 0.437. The monoisotopic (exact) mass is 184 g/mol. The predicted molar refractivity (Wildman–Crippen MR) is 40.9 cm³/mol. The van der Waals surface area contributed by atoms with Gasteiger partial charge in [0.05, 0.1) is 6.07 Å². The van der Waals surface area contributed by atoms with Crippen molar-refractivity contribution in [2.45, 2.75) is 13.3 Å². The quantitative estimate of drug-likeness (QED) is 0.360. The maximum Gasteiger partial charge on any atom is 0.343 e. The van der Waals surface area contributed by atoms with E-state index in [1.165, 1.54) is 6.92 Å². The number of carboxylic acid groups (broad SMARTS) is 1. The molecule has 2 N–H and O–H groups in total. The van der Waals surface area contributed by atoms with Crippen LogP contribution < -0.4 is 5.48 Å². The normalized spacial score (nSPS) is 10.0. The molecule has 0 atom stereocenters. The van der Waals surface area contributed by atoms with Gasteiger partial charge in [-0.3, -0.25) is 4.79 Å². The molecule has 0 spiro atoms. The van der Waals surface area contributed by atoms with Crippen molar-refractivity contribution < 1.29 is 19.5 Å². The maximum atomic E-state index is 10.5. The van der Waals surface area contributed by atoms with Crippen LogP contribution in [0.2, 0.25) is 0 Å². The van der Waals surface area contributed by atoms with Gasteiger partial charge in [-0.1, -0.05) is 0 Å². The Balaban J connectivity index is 3.73. The summed E-state index contributed by atoms with van der Waals surface area (Å²) in [5.41, 5.74) is 2.35. The van der Waals surface area contributed by atoms with Crippen molar-refractivity contribution in [3.05, 3.63) is 11.8 Å². The van der Waals surface area contributed by atoms with E-state index >= 15 is 0 Å². The van der Waals surface area contributed by atoms with Crippen molar-refractivity contribution in [1.29, 1.82) is 5.26 Å². The molecule has 13 heavy (non-hydrogen) atoms. The zero-order chi connectivity index (χ0) is 10.3. The smallest absolute Gasteiger partial charge is 0.343 e. The molecule has 0 radical (unpaired) electrons. The zero-order valence-corrected chi connectivity index (χ0v) is 6.90. The van der Waals surface area contributed by atoms with Crippen LogP contribution in [-0.2, 0) is 14.4 Å². The number of aliphatic carboxylic acids is 1. The summed E-state index contributed by atoms with van der Waals surface area (Å²) in [7, 11) is 0. The van der Waals surface area contributed by atoms with E-state index in [1.807, 2.05) is 5.48 Å². The van der Waals surface area contributed by atoms with Crippen LogP contribution in [0.5, 0.6) is 0 Å². The highest BCUT2D eigenvalue weighted by atomic mass is 16.7. The summed E-state index contributed by atoms with van der Waals surface area (Å²) in [5, 5.41) is 16.4. The third-order valence-corrected chi connectivity index (χ3v) is 0.920. The summed E-state index contributed by atoms with van der Waals surface area (Å²) in [6, 6.07) is 1.77. The van der Waals surface area contributed by atoms with Crippen LogP contribution in [0.3, 0.4) is 0 Å². The summed E-state index contributed by atoms with van der Waals surface area (Å²) < 4.78 is 0. The number of nitrogens with zero attached hydrogens (tertiary/aromatic N) is 1. The van der Waals surface area contributed by atoms with Gasteiger partial charge in [0.1, 0.15) is 6.42 Å². The number of hydrogen-bond acceptors (Lipinski definition) is 5. The van der Waals surface area contributed by atoms with Crippen molar-refractivity contribution in [3.63, 3.8) is 0 Å². The van der Waals surface area contributed by atoms with Gasteiger partial charge in [0.25, 0.3) is 0 Å². The van der Waals surface area contributed by atoms with E-state index in [2.05, 4.69) is 4.84 Å². The average molecular weight is 184 g/mol. The minimum atomic E-state index is -1.27. The highest BCUT2D eigenvalue weighted by molar-refractivity contribution is 5.89. The van der Waals surface area contributed by atoms with E-state index in [0.29, 0.717) is 5.57 Å². The highest BCUT2D eigenvalue weighted by Crippen LogP contribution is 1.87. The van der Waals surface area contributed by atoms with Crippen molar-refractivity contribution >= 4 is 11.9 Å². The van der Waals surface area contributed by atoms with Gasteiger partial charge in [0.15, 0.2) is 0 Å². The molecule has 0 saturated carbocycles. The number of nitrogens with one attached hydrogen (secondary N) is 1. The Hall–Kier alpha value is -2.03. The van der Waals surface area contributed by atoms with Crippen LogP contribution in [-0.4, -0.2) is 17.0 Å². The number of rotatable bonds is 4. The molecule has 0 rings (SSSR count). The molecule has 0 fully saturated rings. The fourth-order valence-electron chi connectivity index (χ4n) is 0.375. The molecule has 0 saturated heterocycles. The number of carbonyl (C=O) groups excluding carboxylic acids is 1. The second-order valence-electron chi connectivity index (χ2n) is 2.10. The summed E-state index contributed by atoms with van der Waals surface area (Å²) >= 11 is 0. The summed E-state index contributed by atoms with van der Waals surface area (Å²) in [4.78, 5) is 24.7. The Kier molecular flexibility index (Phi) is 4.72. The second kappa shape index (κ2) is 5.60. The van der Waals surface area contributed by atoms with Crippen molar-refractivity contribution in [2.24, 2.45) is 0 Å². The van der Waals surface area contributed by atoms with Crippen molar-refractivity contribution in [3.8, 4) is 6.07 Å². The average Bonchev–Trinajstić information content (AvgIpc) is 2.02. The molecular formula is C7H8N2O4. The third-order valence-electron chi connectivity index (χ3n) is 0.920. The van der Waals surface area contributed by atoms with E-state index in [9.17, 15) is 9.59 Å². The molecule has 0 bridgehead atoms. The van der Waals surface area contributed by atoms with Crippen LogP contribution >= 0.6 is 0 Å². The lowest BCUT2D eigenvalue weighted by molar-refractivity contribution is -0.155. The standard InChI is InChI=1S/C7H8N2O4/c1-5(3-8)4-9-13-7(12)2-6(10)11/h4,9H,2H2,1H3,(H,10,11). The van der Waals surface area contributed by atoms with Crippen molar-refractivity contribution in [1.82, 2.24) is 5.48 Å². The van der Waals surface area contributed by atoms with E-state index < -0.39 is 18.4 Å². The molecule has 0 unspecified atom stereocenters. The first kappa shape index (κ1) is 11.0. The second-order valence-corrected chi connectivity index (χ2v) is 2.10. The third kappa shape index (κ3) is 6.37. The first-order valence-corrected chi connectivity index (χ1v) is 3.30. The van der Waals surface area contributed by atoms with Gasteiger partial charge in [-0.2, -0.15) is 5.26 Å². The van der Waals surface area contributed by atoms with Crippen LogP contribution in [0, 0.1) is 11.3 Å². The lowest BCUT2D eigenvalue weighted by atomic mass is 10.4. The van der Waals surface area contributed by atoms with Gasteiger partial charge in [-0.05, 0) is 6.92 Å². The largest absolute Gasteiger partial charge is 0.481 e. The van der Waals surface area contributed by atoms with Crippen LogP contribution in [0.1, 0.15) is 13.3 Å². The van der Waals surface area contributed by atoms with Gasteiger partial charge in [-0.15, -0.1) is 0 Å². The molecule has 70 valence electrons.